The van der Waals surface area contributed by atoms with Gasteiger partial charge in [-0.15, -0.1) is 0 Å². The van der Waals surface area contributed by atoms with E-state index in [0.717, 1.165) is 6.42 Å². The molecule has 17 heavy (non-hydrogen) atoms. The lowest BCUT2D eigenvalue weighted by atomic mass is 10.2. The Kier molecular flexibility index (Phi) is 4.55. The summed E-state index contributed by atoms with van der Waals surface area (Å²) < 4.78 is 7.64. The molecule has 0 fully saturated rings. The van der Waals surface area contributed by atoms with Gasteiger partial charge in [0.05, 0.1) is 6.20 Å². The zero-order valence-electron chi connectivity index (χ0n) is 11.4. The van der Waals surface area contributed by atoms with Gasteiger partial charge in [0.25, 0.3) is 0 Å². The van der Waals surface area contributed by atoms with Crippen LogP contribution in [0, 0.1) is 12.0 Å². The Labute approximate surface area is 105 Å². The number of nitrogens with zero attached hydrogens (tertiary/aromatic N) is 2. The fourth-order valence-electron chi connectivity index (χ4n) is 1.05. The van der Waals surface area contributed by atoms with E-state index in [2.05, 4.69) is 50.9 Å². The lowest BCUT2D eigenvalue weighted by Gasteiger charge is -2.35. The van der Waals surface area contributed by atoms with Gasteiger partial charge in [0.1, 0.15) is 0 Å². The Hall–Kier alpha value is -1.05. The van der Waals surface area contributed by atoms with E-state index in [1.54, 1.807) is 10.9 Å². The largest absolute Gasteiger partial charge is 0.416 e. The lowest BCUT2D eigenvalue weighted by Crippen LogP contribution is -2.40. The average Bonchev–Trinajstić information content (AvgIpc) is 2.68. The Morgan fingerprint density at radius 2 is 2.06 bits per heavy atom. The minimum absolute atomic E-state index is 0.266. The van der Waals surface area contributed by atoms with Crippen molar-refractivity contribution in [3.8, 4) is 12.0 Å². The van der Waals surface area contributed by atoms with Crippen LogP contribution in [0.1, 0.15) is 27.2 Å². The molecule has 1 aromatic rings. The maximum atomic E-state index is 6.02. The summed E-state index contributed by atoms with van der Waals surface area (Å²) in [5.74, 6) is 3.06. The second-order valence-corrected chi connectivity index (χ2v) is 10.4. The summed E-state index contributed by atoms with van der Waals surface area (Å²) in [6.45, 7) is 12.0. The molecule has 0 unspecified atom stereocenters. The van der Waals surface area contributed by atoms with Crippen LogP contribution in [-0.4, -0.2) is 24.7 Å². The zero-order chi connectivity index (χ0) is 12.9. The summed E-state index contributed by atoms with van der Waals surface area (Å²) in [6.07, 6.45) is 4.31. The van der Waals surface area contributed by atoms with Crippen LogP contribution in [0.15, 0.2) is 18.5 Å². The number of aromatic nitrogens is 2. The molecular weight excluding hydrogens is 228 g/mol. The topological polar surface area (TPSA) is 27.1 Å². The first-order chi connectivity index (χ1) is 7.83. The van der Waals surface area contributed by atoms with Crippen LogP contribution in [0.4, 0.5) is 0 Å². The van der Waals surface area contributed by atoms with Crippen LogP contribution < -0.4 is 0 Å². The molecule has 0 aliphatic rings. The summed E-state index contributed by atoms with van der Waals surface area (Å²) in [5, 5.41) is 4.28. The van der Waals surface area contributed by atoms with Gasteiger partial charge >= 0.3 is 0 Å². The SMILES string of the molecule is CC(C)(C)[Si](C)(C)OCCC#Cn1cccn1. The third-order valence-electron chi connectivity index (χ3n) is 3.19. The minimum atomic E-state index is -1.61. The molecule has 0 aliphatic heterocycles. The molecule has 94 valence electrons. The Morgan fingerprint density at radius 3 is 2.59 bits per heavy atom. The number of hydrogen-bond acceptors (Lipinski definition) is 2. The maximum Gasteiger partial charge on any atom is 0.192 e. The smallest absolute Gasteiger partial charge is 0.192 e. The van der Waals surface area contributed by atoms with Gasteiger partial charge in [-0.2, -0.15) is 9.78 Å². The van der Waals surface area contributed by atoms with Crippen molar-refractivity contribution >= 4 is 8.32 Å². The molecule has 0 atom stereocenters. The average molecular weight is 250 g/mol. The highest BCUT2D eigenvalue weighted by Gasteiger charge is 2.36. The van der Waals surface area contributed by atoms with Crippen LogP contribution >= 0.6 is 0 Å². The summed E-state index contributed by atoms with van der Waals surface area (Å²) in [6, 6.07) is 4.80. The number of hydrogen-bond donors (Lipinski definition) is 0. The quantitative estimate of drug-likeness (QED) is 0.468. The van der Waals surface area contributed by atoms with E-state index in [0.29, 0.717) is 6.61 Å². The molecule has 3 nitrogen and oxygen atoms in total. The van der Waals surface area contributed by atoms with Gasteiger partial charge in [-0.05, 0) is 24.2 Å². The van der Waals surface area contributed by atoms with Gasteiger partial charge in [0.15, 0.2) is 8.32 Å². The first-order valence-corrected chi connectivity index (χ1v) is 8.86. The zero-order valence-corrected chi connectivity index (χ0v) is 12.4. The molecule has 1 rings (SSSR count). The van der Waals surface area contributed by atoms with Crippen molar-refractivity contribution in [2.75, 3.05) is 6.61 Å². The van der Waals surface area contributed by atoms with Crippen molar-refractivity contribution in [2.45, 2.75) is 45.3 Å². The normalized spacial score (nSPS) is 12.1. The number of rotatable bonds is 3. The summed E-state index contributed by atoms with van der Waals surface area (Å²) in [4.78, 5) is 0. The molecular formula is C13H22N2OSi. The van der Waals surface area contributed by atoms with Crippen molar-refractivity contribution in [3.63, 3.8) is 0 Å². The molecule has 0 bridgehead atoms. The summed E-state index contributed by atoms with van der Waals surface area (Å²) in [5.41, 5.74) is 0. The van der Waals surface area contributed by atoms with Gasteiger partial charge in [-0.25, -0.2) is 0 Å². The lowest BCUT2D eigenvalue weighted by molar-refractivity contribution is 0.296. The molecule has 0 aliphatic carbocycles. The van der Waals surface area contributed by atoms with Crippen LogP contribution in [0.2, 0.25) is 18.1 Å². The predicted octanol–water partition coefficient (Wildman–Crippen LogP) is 3.10. The Bertz CT molecular complexity index is 393. The van der Waals surface area contributed by atoms with Crippen molar-refractivity contribution < 1.29 is 4.43 Å². The molecule has 1 aromatic heterocycles. The molecule has 0 amide bonds. The van der Waals surface area contributed by atoms with E-state index in [1.165, 1.54) is 0 Å². The first kappa shape index (κ1) is 14.0. The Balaban J connectivity index is 2.34. The predicted molar refractivity (Wildman–Crippen MR) is 73.2 cm³/mol. The first-order valence-electron chi connectivity index (χ1n) is 5.95. The highest BCUT2D eigenvalue weighted by Crippen LogP contribution is 2.36. The molecule has 0 saturated heterocycles. The molecule has 0 radical (unpaired) electrons. The van der Waals surface area contributed by atoms with E-state index in [1.807, 2.05) is 12.3 Å². The van der Waals surface area contributed by atoms with Crippen molar-refractivity contribution in [1.82, 2.24) is 9.78 Å². The van der Waals surface area contributed by atoms with E-state index < -0.39 is 8.32 Å². The van der Waals surface area contributed by atoms with Gasteiger partial charge < -0.3 is 4.43 Å². The van der Waals surface area contributed by atoms with Gasteiger partial charge in [0.2, 0.25) is 0 Å². The molecule has 0 saturated carbocycles. The highest BCUT2D eigenvalue weighted by molar-refractivity contribution is 6.74. The third-order valence-corrected chi connectivity index (χ3v) is 7.73. The standard InChI is InChI=1S/C13H22N2OSi/c1-13(2,3)17(4,5)16-12-7-6-10-15-11-8-9-14-15/h8-9,11H,7,12H2,1-5H3. The van der Waals surface area contributed by atoms with Crippen LogP contribution in [0.3, 0.4) is 0 Å². The molecule has 0 spiro atoms. The fourth-order valence-corrected chi connectivity index (χ4v) is 2.09. The Morgan fingerprint density at radius 1 is 1.35 bits per heavy atom. The minimum Gasteiger partial charge on any atom is -0.416 e. The highest BCUT2D eigenvalue weighted by atomic mass is 28.4. The van der Waals surface area contributed by atoms with Crippen molar-refractivity contribution in [3.05, 3.63) is 18.5 Å². The van der Waals surface area contributed by atoms with Gasteiger partial charge in [0, 0.05) is 25.3 Å². The third kappa shape index (κ3) is 4.37. The maximum absolute atomic E-state index is 6.02. The van der Waals surface area contributed by atoms with Crippen LogP contribution in [0.25, 0.3) is 0 Å². The van der Waals surface area contributed by atoms with Crippen molar-refractivity contribution in [2.24, 2.45) is 0 Å². The second kappa shape index (κ2) is 5.52. The van der Waals surface area contributed by atoms with Crippen LogP contribution in [0.5, 0.6) is 0 Å². The molecule has 0 N–H and O–H groups in total. The van der Waals surface area contributed by atoms with Crippen molar-refractivity contribution in [1.29, 1.82) is 0 Å². The monoisotopic (exact) mass is 250 g/mol. The fraction of sp³-hybridized carbons (Fsp3) is 0.615. The van der Waals surface area contributed by atoms with Crippen LogP contribution in [-0.2, 0) is 4.43 Å². The molecule has 4 heteroatoms. The van der Waals surface area contributed by atoms with E-state index >= 15 is 0 Å². The van der Waals surface area contributed by atoms with Gasteiger partial charge in [-0.3, -0.25) is 0 Å². The van der Waals surface area contributed by atoms with E-state index in [-0.39, 0.29) is 5.04 Å². The van der Waals surface area contributed by atoms with E-state index in [4.69, 9.17) is 4.43 Å². The molecule has 0 aromatic carbocycles. The van der Waals surface area contributed by atoms with Gasteiger partial charge in [-0.1, -0.05) is 26.7 Å². The molecule has 1 heterocycles. The second-order valence-electron chi connectivity index (χ2n) is 5.60. The summed E-state index contributed by atoms with van der Waals surface area (Å²) in [7, 11) is -1.61. The summed E-state index contributed by atoms with van der Waals surface area (Å²) >= 11 is 0. The van der Waals surface area contributed by atoms with E-state index in [9.17, 15) is 0 Å².